The van der Waals surface area contributed by atoms with Crippen LogP contribution in [0.2, 0.25) is 0 Å². The van der Waals surface area contributed by atoms with Gasteiger partial charge in [0.05, 0.1) is 13.2 Å². The number of thiocarbonyl (C=S) groups is 1. The van der Waals surface area contributed by atoms with E-state index in [1.807, 2.05) is 0 Å². The maximum absolute atomic E-state index is 10.6. The molecule has 1 fully saturated rings. The first kappa shape index (κ1) is 16.5. The van der Waals surface area contributed by atoms with Gasteiger partial charge in [0.25, 0.3) is 0 Å². The van der Waals surface area contributed by atoms with E-state index in [9.17, 15) is 4.79 Å². The Bertz CT molecular complexity index is 543. The van der Waals surface area contributed by atoms with Crippen molar-refractivity contribution in [1.82, 2.24) is 5.32 Å². The molecular weight excluding hydrogens is 306 g/mol. The molecule has 0 spiro atoms. The monoisotopic (exact) mass is 325 g/mol. The van der Waals surface area contributed by atoms with Crippen molar-refractivity contribution in [2.45, 2.75) is 18.9 Å². The van der Waals surface area contributed by atoms with Gasteiger partial charge in [-0.3, -0.25) is 0 Å². The summed E-state index contributed by atoms with van der Waals surface area (Å²) in [5.41, 5.74) is 0.785. The molecule has 6 nitrogen and oxygen atoms in total. The molecule has 1 saturated heterocycles. The molecule has 7 heteroatoms. The maximum atomic E-state index is 10.6. The number of hydrogen-bond acceptors (Lipinski definition) is 5. The van der Waals surface area contributed by atoms with Gasteiger partial charge >= 0.3 is 5.97 Å². The van der Waals surface area contributed by atoms with Crippen molar-refractivity contribution in [3.8, 4) is 11.5 Å². The summed E-state index contributed by atoms with van der Waals surface area (Å²) in [6, 6.07) is 5.14. The molecule has 2 N–H and O–H groups in total. The zero-order chi connectivity index (χ0) is 15.9. The van der Waals surface area contributed by atoms with Crippen LogP contribution in [0.4, 0.5) is 0 Å². The highest BCUT2D eigenvalue weighted by Crippen LogP contribution is 2.28. The number of rotatable bonds is 7. The molecule has 1 aromatic rings. The fraction of sp³-hybridized carbons (Fsp3) is 0.467. The molecule has 2 rings (SSSR count). The van der Waals surface area contributed by atoms with Crippen LogP contribution in [0.15, 0.2) is 18.2 Å². The quantitative estimate of drug-likeness (QED) is 0.737. The first-order chi connectivity index (χ1) is 10.6. The van der Waals surface area contributed by atoms with Gasteiger partial charge in [-0.1, -0.05) is 12.2 Å². The molecule has 22 heavy (non-hydrogen) atoms. The van der Waals surface area contributed by atoms with E-state index in [-0.39, 0.29) is 6.10 Å². The fourth-order valence-electron chi connectivity index (χ4n) is 2.18. The second-order valence-electron chi connectivity index (χ2n) is 4.89. The Kier molecular flexibility index (Phi) is 5.97. The normalized spacial score (nSPS) is 17.0. The number of ether oxygens (including phenoxy) is 3. The van der Waals surface area contributed by atoms with Crippen LogP contribution in [0.5, 0.6) is 11.5 Å². The number of carboxylic acids is 1. The summed E-state index contributed by atoms with van der Waals surface area (Å²) in [5.74, 6) is -0.226. The van der Waals surface area contributed by atoms with E-state index in [2.05, 4.69) is 5.32 Å². The summed E-state index contributed by atoms with van der Waals surface area (Å²) in [5, 5.41) is 11.8. The lowest BCUT2D eigenvalue weighted by atomic mass is 10.2. The van der Waals surface area contributed by atoms with Crippen molar-refractivity contribution in [3.63, 3.8) is 0 Å². The summed E-state index contributed by atoms with van der Waals surface area (Å²) in [4.78, 5) is 11.1. The average Bonchev–Trinajstić information content (AvgIpc) is 3.03. The van der Waals surface area contributed by atoms with Crippen LogP contribution in [0, 0.1) is 0 Å². The zero-order valence-electron chi connectivity index (χ0n) is 12.3. The highest BCUT2D eigenvalue weighted by atomic mass is 32.1. The lowest BCUT2D eigenvalue weighted by Crippen LogP contribution is -2.31. The van der Waals surface area contributed by atoms with Gasteiger partial charge in [0, 0.05) is 18.7 Å². The number of carboxylic acid groups (broad SMARTS) is 1. The predicted octanol–water partition coefficient (Wildman–Crippen LogP) is 1.60. The van der Waals surface area contributed by atoms with Gasteiger partial charge in [0.2, 0.25) is 0 Å². The molecule has 0 radical (unpaired) electrons. The van der Waals surface area contributed by atoms with Crippen LogP contribution in [0.25, 0.3) is 0 Å². The standard InChI is InChI=1S/C15H19NO5S/c1-19-13-7-10(4-5-12(13)21-9-14(17)18)15(22)16-8-11-3-2-6-20-11/h4-5,7,11H,2-3,6,8-9H2,1H3,(H,16,22)(H,17,18). The Balaban J connectivity index is 1.97. The smallest absolute Gasteiger partial charge is 0.341 e. The number of benzene rings is 1. The van der Waals surface area contributed by atoms with Gasteiger partial charge in [-0.15, -0.1) is 0 Å². The summed E-state index contributed by atoms with van der Waals surface area (Å²) in [6.45, 7) is 1.07. The predicted molar refractivity (Wildman–Crippen MR) is 84.8 cm³/mol. The highest BCUT2D eigenvalue weighted by Gasteiger charge is 2.16. The van der Waals surface area contributed by atoms with Crippen molar-refractivity contribution >= 4 is 23.2 Å². The Labute approximate surface area is 134 Å². The van der Waals surface area contributed by atoms with Gasteiger partial charge in [-0.25, -0.2) is 4.79 Å². The number of carbonyl (C=O) groups is 1. The first-order valence-corrected chi connectivity index (χ1v) is 7.43. The van der Waals surface area contributed by atoms with E-state index in [1.165, 1.54) is 7.11 Å². The van der Waals surface area contributed by atoms with E-state index >= 15 is 0 Å². The van der Waals surface area contributed by atoms with Crippen molar-refractivity contribution in [2.24, 2.45) is 0 Å². The van der Waals surface area contributed by atoms with E-state index in [0.717, 1.165) is 25.0 Å². The first-order valence-electron chi connectivity index (χ1n) is 7.02. The molecule has 1 aliphatic heterocycles. The van der Waals surface area contributed by atoms with Gasteiger partial charge in [0.1, 0.15) is 4.99 Å². The van der Waals surface area contributed by atoms with E-state index in [0.29, 0.717) is 23.0 Å². The molecule has 1 unspecified atom stereocenters. The highest BCUT2D eigenvalue weighted by molar-refractivity contribution is 7.80. The van der Waals surface area contributed by atoms with Gasteiger partial charge in [-0.2, -0.15) is 0 Å². The van der Waals surface area contributed by atoms with Crippen molar-refractivity contribution in [2.75, 3.05) is 26.9 Å². The van der Waals surface area contributed by atoms with Crippen LogP contribution in [0.1, 0.15) is 18.4 Å². The van der Waals surface area contributed by atoms with Crippen molar-refractivity contribution < 1.29 is 24.1 Å². The van der Waals surface area contributed by atoms with Crippen molar-refractivity contribution in [1.29, 1.82) is 0 Å². The Morgan fingerprint density at radius 3 is 2.95 bits per heavy atom. The third-order valence-electron chi connectivity index (χ3n) is 3.29. The van der Waals surface area contributed by atoms with Gasteiger partial charge in [-0.05, 0) is 31.0 Å². The third kappa shape index (κ3) is 4.57. The number of hydrogen-bond donors (Lipinski definition) is 2. The van der Waals surface area contributed by atoms with Crippen LogP contribution in [-0.4, -0.2) is 49.0 Å². The SMILES string of the molecule is COc1cc(C(=S)NCC2CCCO2)ccc1OCC(=O)O. The third-order valence-corrected chi connectivity index (χ3v) is 3.67. The summed E-state index contributed by atoms with van der Waals surface area (Å²) >= 11 is 5.35. The second kappa shape index (κ2) is 7.95. The Hall–Kier alpha value is -1.86. The molecule has 1 aromatic carbocycles. The minimum absolute atomic E-state index is 0.206. The molecule has 1 aliphatic rings. The van der Waals surface area contributed by atoms with E-state index in [1.54, 1.807) is 18.2 Å². The zero-order valence-corrected chi connectivity index (χ0v) is 13.1. The largest absolute Gasteiger partial charge is 0.493 e. The minimum atomic E-state index is -1.04. The summed E-state index contributed by atoms with van der Waals surface area (Å²) in [7, 11) is 1.50. The average molecular weight is 325 g/mol. The molecule has 0 bridgehead atoms. The van der Waals surface area contributed by atoms with Crippen LogP contribution >= 0.6 is 12.2 Å². The summed E-state index contributed by atoms with van der Waals surface area (Å²) < 4.78 is 15.9. The van der Waals surface area contributed by atoms with Gasteiger partial charge in [0.15, 0.2) is 18.1 Å². The lowest BCUT2D eigenvalue weighted by molar-refractivity contribution is -0.139. The van der Waals surface area contributed by atoms with Gasteiger partial charge < -0.3 is 24.6 Å². The van der Waals surface area contributed by atoms with E-state index in [4.69, 9.17) is 31.5 Å². The lowest BCUT2D eigenvalue weighted by Gasteiger charge is -2.14. The molecule has 1 heterocycles. The topological polar surface area (TPSA) is 77.0 Å². The maximum Gasteiger partial charge on any atom is 0.341 e. The molecule has 0 aliphatic carbocycles. The molecule has 0 amide bonds. The molecule has 0 aromatic heterocycles. The molecule has 0 saturated carbocycles. The second-order valence-corrected chi connectivity index (χ2v) is 5.30. The minimum Gasteiger partial charge on any atom is -0.493 e. The molecule has 120 valence electrons. The van der Waals surface area contributed by atoms with Crippen LogP contribution in [-0.2, 0) is 9.53 Å². The van der Waals surface area contributed by atoms with E-state index < -0.39 is 12.6 Å². The Morgan fingerprint density at radius 1 is 1.50 bits per heavy atom. The number of nitrogens with one attached hydrogen (secondary N) is 1. The molecular formula is C15H19NO5S. The van der Waals surface area contributed by atoms with Crippen molar-refractivity contribution in [3.05, 3.63) is 23.8 Å². The molecule has 1 atom stereocenters. The fourth-order valence-corrected chi connectivity index (χ4v) is 2.39. The van der Waals surface area contributed by atoms with Crippen LogP contribution in [0.3, 0.4) is 0 Å². The number of aliphatic carboxylic acids is 1. The Morgan fingerprint density at radius 2 is 2.32 bits per heavy atom. The van der Waals surface area contributed by atoms with Crippen LogP contribution < -0.4 is 14.8 Å². The number of methoxy groups -OCH3 is 1. The summed E-state index contributed by atoms with van der Waals surface area (Å²) in [6.07, 6.45) is 2.33.